The summed E-state index contributed by atoms with van der Waals surface area (Å²) in [5.41, 5.74) is 1.14. The largest absolute Gasteiger partial charge is 0.461 e. The van der Waals surface area contributed by atoms with Crippen LogP contribution in [-0.2, 0) is 0 Å². The molecule has 1 aliphatic rings. The van der Waals surface area contributed by atoms with Crippen LogP contribution in [0.1, 0.15) is 0 Å². The molecule has 0 aliphatic carbocycles. The van der Waals surface area contributed by atoms with Gasteiger partial charge in [-0.25, -0.2) is 9.69 Å². The van der Waals surface area contributed by atoms with E-state index < -0.39 is 6.09 Å². The Balaban J connectivity index is 1.94. The maximum atomic E-state index is 12.5. The van der Waals surface area contributed by atoms with Crippen LogP contribution in [-0.4, -0.2) is 6.09 Å². The fraction of sp³-hybridized carbons (Fsp3) is 0. The topological polar surface area (TPSA) is 38.8 Å². The Morgan fingerprint density at radius 2 is 1.81 bits per heavy atom. The van der Waals surface area contributed by atoms with Crippen LogP contribution in [0.5, 0.6) is 11.5 Å². The number of amides is 1. The van der Waals surface area contributed by atoms with Crippen molar-refractivity contribution in [1.82, 2.24) is 0 Å². The van der Waals surface area contributed by atoms with E-state index >= 15 is 0 Å². The Hall–Kier alpha value is -3.01. The average Bonchev–Trinajstić information content (AvgIpc) is 2.54. The minimum atomic E-state index is -0.511. The summed E-state index contributed by atoms with van der Waals surface area (Å²) in [4.78, 5) is 13.9. The molecule has 1 amide bonds. The van der Waals surface area contributed by atoms with Gasteiger partial charge >= 0.3 is 6.09 Å². The number of allylic oxidation sites excluding steroid dienone is 1. The third-order valence-corrected chi connectivity index (χ3v) is 3.01. The monoisotopic (exact) mass is 279 g/mol. The molecule has 1 heterocycles. The van der Waals surface area contributed by atoms with E-state index in [-0.39, 0.29) is 0 Å². The first-order valence-electron chi connectivity index (χ1n) is 6.45. The van der Waals surface area contributed by atoms with Gasteiger partial charge in [-0.3, -0.25) is 0 Å². The van der Waals surface area contributed by atoms with Gasteiger partial charge < -0.3 is 9.47 Å². The van der Waals surface area contributed by atoms with E-state index in [9.17, 15) is 4.79 Å². The number of benzene rings is 2. The van der Waals surface area contributed by atoms with Crippen LogP contribution in [0.25, 0.3) is 0 Å². The highest BCUT2D eigenvalue weighted by atomic mass is 16.6. The van der Waals surface area contributed by atoms with Crippen LogP contribution < -0.4 is 14.4 Å². The third kappa shape index (κ3) is 2.51. The Morgan fingerprint density at radius 1 is 1.10 bits per heavy atom. The molecular weight excluding hydrogens is 266 g/mol. The summed E-state index contributed by atoms with van der Waals surface area (Å²) in [6, 6.07) is 16.2. The fourth-order valence-electron chi connectivity index (χ4n) is 2.04. The second-order valence-corrected chi connectivity index (χ2v) is 4.35. The summed E-state index contributed by atoms with van der Waals surface area (Å²) in [5, 5.41) is 0. The first kappa shape index (κ1) is 13.0. The molecule has 4 heteroatoms. The molecule has 21 heavy (non-hydrogen) atoms. The summed E-state index contributed by atoms with van der Waals surface area (Å²) < 4.78 is 10.9. The Kier molecular flexibility index (Phi) is 3.43. The smallest absolute Gasteiger partial charge is 0.424 e. The summed E-state index contributed by atoms with van der Waals surface area (Å²) in [6.07, 6.45) is 2.51. The van der Waals surface area contributed by atoms with Crippen LogP contribution in [0.15, 0.2) is 79.2 Å². The van der Waals surface area contributed by atoms with Crippen LogP contribution in [0.3, 0.4) is 0 Å². The van der Waals surface area contributed by atoms with E-state index in [1.54, 1.807) is 42.5 Å². The molecule has 3 rings (SSSR count). The molecule has 104 valence electrons. The zero-order valence-corrected chi connectivity index (χ0v) is 11.2. The van der Waals surface area contributed by atoms with E-state index in [0.717, 1.165) is 0 Å². The van der Waals surface area contributed by atoms with E-state index in [1.807, 2.05) is 18.2 Å². The quantitative estimate of drug-likeness (QED) is 0.830. The highest BCUT2D eigenvalue weighted by Gasteiger charge is 2.27. The molecule has 0 saturated heterocycles. The number of carbonyl (C=O) groups is 1. The predicted molar refractivity (Wildman–Crippen MR) is 80.3 cm³/mol. The van der Waals surface area contributed by atoms with Gasteiger partial charge in [-0.15, -0.1) is 0 Å². The summed E-state index contributed by atoms with van der Waals surface area (Å²) in [7, 11) is 0. The number of fused-ring (bicyclic) bond motifs is 1. The van der Waals surface area contributed by atoms with Crippen LogP contribution in [0.4, 0.5) is 10.5 Å². The highest BCUT2D eigenvalue weighted by Crippen LogP contribution is 2.35. The predicted octanol–water partition coefficient (Wildman–Crippen LogP) is 4.11. The lowest BCUT2D eigenvalue weighted by Gasteiger charge is -2.27. The molecule has 0 fully saturated rings. The number of nitrogens with zero attached hydrogens (tertiary/aromatic N) is 1. The van der Waals surface area contributed by atoms with Gasteiger partial charge in [-0.2, -0.15) is 0 Å². The van der Waals surface area contributed by atoms with Crippen molar-refractivity contribution in [2.75, 3.05) is 4.90 Å². The average molecular weight is 279 g/mol. The molecule has 0 unspecified atom stereocenters. The van der Waals surface area contributed by atoms with Crippen molar-refractivity contribution < 1.29 is 14.3 Å². The molecule has 0 N–H and O–H groups in total. The van der Waals surface area contributed by atoms with E-state index in [0.29, 0.717) is 22.9 Å². The van der Waals surface area contributed by atoms with Crippen molar-refractivity contribution in [3.63, 3.8) is 0 Å². The van der Waals surface area contributed by atoms with Crippen molar-refractivity contribution in [3.05, 3.63) is 79.2 Å². The molecule has 0 spiro atoms. The van der Waals surface area contributed by atoms with E-state index in [4.69, 9.17) is 9.47 Å². The normalized spacial score (nSPS) is 12.8. The van der Waals surface area contributed by atoms with Crippen LogP contribution in [0.2, 0.25) is 0 Å². The number of carbonyl (C=O) groups excluding carboxylic acids is 1. The molecule has 2 aromatic carbocycles. The standard InChI is InChI=1S/C17H13NO3/c1-2-13-12-20-16-11-7-6-10-15(16)18(13)17(19)21-14-8-4-3-5-9-14/h2-12H,1H2. The van der Waals surface area contributed by atoms with Gasteiger partial charge in [-0.1, -0.05) is 36.9 Å². The highest BCUT2D eigenvalue weighted by molar-refractivity contribution is 5.95. The molecule has 4 nitrogen and oxygen atoms in total. The lowest BCUT2D eigenvalue weighted by atomic mass is 10.2. The van der Waals surface area contributed by atoms with Gasteiger partial charge in [-0.05, 0) is 30.3 Å². The SMILES string of the molecule is C=CC1=COc2ccccc2N1C(=O)Oc1ccccc1. The van der Waals surface area contributed by atoms with Crippen molar-refractivity contribution in [3.8, 4) is 11.5 Å². The molecule has 0 aromatic heterocycles. The molecule has 0 bridgehead atoms. The zero-order valence-electron chi connectivity index (χ0n) is 11.2. The van der Waals surface area contributed by atoms with Gasteiger partial charge in [0.05, 0.1) is 11.4 Å². The van der Waals surface area contributed by atoms with Gasteiger partial charge in [0.1, 0.15) is 12.0 Å². The number of hydrogen-bond acceptors (Lipinski definition) is 3. The molecular formula is C17H13NO3. The molecule has 1 aliphatic heterocycles. The van der Waals surface area contributed by atoms with Crippen LogP contribution in [0, 0.1) is 0 Å². The van der Waals surface area contributed by atoms with Gasteiger partial charge in [0.15, 0.2) is 5.75 Å². The van der Waals surface area contributed by atoms with Crippen molar-refractivity contribution in [1.29, 1.82) is 0 Å². The number of para-hydroxylation sites is 3. The Morgan fingerprint density at radius 3 is 2.57 bits per heavy atom. The summed E-state index contributed by atoms with van der Waals surface area (Å²) in [5.74, 6) is 1.07. The molecule has 2 aromatic rings. The van der Waals surface area contributed by atoms with Crippen LogP contribution >= 0.6 is 0 Å². The summed E-state index contributed by atoms with van der Waals surface area (Å²) in [6.45, 7) is 3.70. The minimum Gasteiger partial charge on any atom is -0.461 e. The van der Waals surface area contributed by atoms with E-state index in [1.165, 1.54) is 11.2 Å². The third-order valence-electron chi connectivity index (χ3n) is 3.01. The van der Waals surface area contributed by atoms with Crippen molar-refractivity contribution >= 4 is 11.8 Å². The first-order chi connectivity index (χ1) is 10.3. The molecule has 0 radical (unpaired) electrons. The minimum absolute atomic E-state index is 0.481. The summed E-state index contributed by atoms with van der Waals surface area (Å²) >= 11 is 0. The van der Waals surface area contributed by atoms with Crippen molar-refractivity contribution in [2.45, 2.75) is 0 Å². The maximum absolute atomic E-state index is 12.5. The maximum Gasteiger partial charge on any atom is 0.424 e. The lowest BCUT2D eigenvalue weighted by molar-refractivity contribution is 0.209. The van der Waals surface area contributed by atoms with Gasteiger partial charge in [0, 0.05) is 0 Å². The van der Waals surface area contributed by atoms with Gasteiger partial charge in [0.2, 0.25) is 0 Å². The second kappa shape index (κ2) is 5.54. The van der Waals surface area contributed by atoms with E-state index in [2.05, 4.69) is 6.58 Å². The number of ether oxygens (including phenoxy) is 2. The second-order valence-electron chi connectivity index (χ2n) is 4.35. The Labute approximate surface area is 122 Å². The number of hydrogen-bond donors (Lipinski definition) is 0. The lowest BCUT2D eigenvalue weighted by Crippen LogP contribution is -2.34. The van der Waals surface area contributed by atoms with Crippen molar-refractivity contribution in [2.24, 2.45) is 0 Å². The fourth-order valence-corrected chi connectivity index (χ4v) is 2.04. The Bertz CT molecular complexity index is 707. The van der Waals surface area contributed by atoms with Gasteiger partial charge in [0.25, 0.3) is 0 Å². The number of anilines is 1. The molecule has 0 atom stereocenters. The zero-order chi connectivity index (χ0) is 14.7. The first-order valence-corrected chi connectivity index (χ1v) is 6.45. The molecule has 0 saturated carbocycles. The number of rotatable bonds is 2.